The molecule has 0 fully saturated rings. The minimum Gasteiger partial charge on any atom is -0.591 e. The van der Waals surface area contributed by atoms with Crippen LogP contribution in [-0.4, -0.2) is 34.7 Å². The van der Waals surface area contributed by atoms with Gasteiger partial charge in [0.1, 0.15) is 16.1 Å². The minimum absolute atomic E-state index is 0.375. The summed E-state index contributed by atoms with van der Waals surface area (Å²) in [7, 11) is 3.06. The van der Waals surface area contributed by atoms with Crippen molar-refractivity contribution in [3.63, 3.8) is 0 Å². The van der Waals surface area contributed by atoms with Crippen LogP contribution >= 0.6 is 0 Å². The van der Waals surface area contributed by atoms with E-state index in [-0.39, 0.29) is 4.75 Å². The molecular weight excluding hydrogens is 252 g/mol. The zero-order valence-electron chi connectivity index (χ0n) is 11.3. The van der Waals surface area contributed by atoms with Gasteiger partial charge in [0.05, 0.1) is 20.4 Å². The Bertz CT molecular complexity index is 430. The third kappa shape index (κ3) is 3.89. The SMILES string of the molecule is COc1cc(/C=N/[S@@+]([O-])C(C)(C)C)cnc1OC. The number of rotatable bonds is 4. The van der Waals surface area contributed by atoms with Gasteiger partial charge in [0, 0.05) is 11.8 Å². The van der Waals surface area contributed by atoms with Crippen LogP contribution in [0.2, 0.25) is 0 Å². The molecule has 1 aromatic rings. The average Bonchev–Trinajstić information content (AvgIpc) is 2.34. The van der Waals surface area contributed by atoms with Crippen LogP contribution < -0.4 is 9.47 Å². The molecule has 1 heterocycles. The highest BCUT2D eigenvalue weighted by atomic mass is 32.2. The van der Waals surface area contributed by atoms with Crippen molar-refractivity contribution in [1.82, 2.24) is 4.98 Å². The lowest BCUT2D eigenvalue weighted by Gasteiger charge is -2.17. The zero-order valence-corrected chi connectivity index (χ0v) is 12.1. The summed E-state index contributed by atoms with van der Waals surface area (Å²) in [5.41, 5.74) is 0.713. The van der Waals surface area contributed by atoms with Crippen molar-refractivity contribution in [2.45, 2.75) is 25.5 Å². The highest BCUT2D eigenvalue weighted by Gasteiger charge is 2.25. The minimum atomic E-state index is -1.28. The molecule has 0 amide bonds. The summed E-state index contributed by atoms with van der Waals surface area (Å²) >= 11 is -1.28. The van der Waals surface area contributed by atoms with Gasteiger partial charge < -0.3 is 14.0 Å². The van der Waals surface area contributed by atoms with E-state index in [0.29, 0.717) is 17.2 Å². The van der Waals surface area contributed by atoms with Gasteiger partial charge >= 0.3 is 0 Å². The van der Waals surface area contributed by atoms with Gasteiger partial charge in [-0.25, -0.2) is 4.98 Å². The fourth-order valence-corrected chi connectivity index (χ4v) is 1.62. The maximum Gasteiger partial charge on any atom is 0.256 e. The Labute approximate surface area is 111 Å². The highest BCUT2D eigenvalue weighted by Crippen LogP contribution is 2.24. The van der Waals surface area contributed by atoms with Gasteiger partial charge in [-0.05, 0) is 26.8 Å². The Morgan fingerprint density at radius 2 is 2.00 bits per heavy atom. The van der Waals surface area contributed by atoms with E-state index in [0.717, 1.165) is 0 Å². The maximum absolute atomic E-state index is 11.8. The largest absolute Gasteiger partial charge is 0.591 e. The van der Waals surface area contributed by atoms with Gasteiger partial charge in [-0.1, -0.05) is 4.40 Å². The van der Waals surface area contributed by atoms with Crippen molar-refractivity contribution in [3.05, 3.63) is 17.8 Å². The lowest BCUT2D eigenvalue weighted by molar-refractivity contribution is 0.343. The number of ether oxygens (including phenoxy) is 2. The Morgan fingerprint density at radius 1 is 1.33 bits per heavy atom. The predicted molar refractivity (Wildman–Crippen MR) is 72.8 cm³/mol. The molecule has 1 atom stereocenters. The monoisotopic (exact) mass is 270 g/mol. The summed E-state index contributed by atoms with van der Waals surface area (Å²) in [5, 5.41) is 0. The number of pyridine rings is 1. The van der Waals surface area contributed by atoms with E-state index in [1.165, 1.54) is 20.4 Å². The van der Waals surface area contributed by atoms with Gasteiger partial charge in [-0.2, -0.15) is 0 Å². The second-order valence-corrected chi connectivity index (χ2v) is 6.51. The van der Waals surface area contributed by atoms with E-state index in [1.54, 1.807) is 12.3 Å². The van der Waals surface area contributed by atoms with Crippen LogP contribution in [0.3, 0.4) is 0 Å². The molecule has 0 aliphatic rings. The van der Waals surface area contributed by atoms with Crippen LogP contribution in [0, 0.1) is 0 Å². The van der Waals surface area contributed by atoms with Gasteiger partial charge in [0.25, 0.3) is 5.88 Å². The molecule has 0 bridgehead atoms. The number of aromatic nitrogens is 1. The standard InChI is InChI=1S/C12H18N2O3S/c1-12(2,3)18(15)14-8-9-6-10(16-4)11(17-5)13-7-9/h6-8H,1-5H3/b14-8+/t18-/m0/s1. The molecule has 18 heavy (non-hydrogen) atoms. The van der Waals surface area contributed by atoms with E-state index < -0.39 is 11.4 Å². The predicted octanol–water partition coefficient (Wildman–Crippen LogP) is 1.98. The summed E-state index contributed by atoms with van der Waals surface area (Å²) in [6.07, 6.45) is 3.11. The first-order valence-electron chi connectivity index (χ1n) is 5.42. The van der Waals surface area contributed by atoms with Crippen molar-refractivity contribution in [3.8, 4) is 11.6 Å². The summed E-state index contributed by atoms with van der Waals surface area (Å²) in [6, 6.07) is 1.73. The molecule has 5 nitrogen and oxygen atoms in total. The number of nitrogens with zero attached hydrogens (tertiary/aromatic N) is 2. The van der Waals surface area contributed by atoms with Crippen molar-refractivity contribution in [1.29, 1.82) is 0 Å². The summed E-state index contributed by atoms with van der Waals surface area (Å²) in [6.45, 7) is 5.61. The zero-order chi connectivity index (χ0) is 13.8. The molecule has 1 aromatic heterocycles. The van der Waals surface area contributed by atoms with Crippen molar-refractivity contribution >= 4 is 17.6 Å². The molecule has 0 spiro atoms. The molecule has 0 unspecified atom stereocenters. The smallest absolute Gasteiger partial charge is 0.256 e. The third-order valence-corrected chi connectivity index (χ3v) is 3.42. The van der Waals surface area contributed by atoms with E-state index in [9.17, 15) is 4.55 Å². The van der Waals surface area contributed by atoms with Crippen LogP contribution in [-0.2, 0) is 11.4 Å². The molecule has 100 valence electrons. The Hall–Kier alpha value is -1.27. The summed E-state index contributed by atoms with van der Waals surface area (Å²) in [5.74, 6) is 0.926. The van der Waals surface area contributed by atoms with Crippen LogP contribution in [0.25, 0.3) is 0 Å². The molecule has 0 aromatic carbocycles. The highest BCUT2D eigenvalue weighted by molar-refractivity contribution is 7.91. The number of hydrogen-bond acceptors (Lipinski definition) is 5. The van der Waals surface area contributed by atoms with E-state index in [2.05, 4.69) is 9.38 Å². The van der Waals surface area contributed by atoms with E-state index in [1.807, 2.05) is 20.8 Å². The first kappa shape index (κ1) is 14.8. The van der Waals surface area contributed by atoms with Crippen LogP contribution in [0.4, 0.5) is 0 Å². The first-order valence-corrected chi connectivity index (χ1v) is 6.53. The third-order valence-electron chi connectivity index (χ3n) is 2.07. The Balaban J connectivity index is 2.89. The fraction of sp³-hybridized carbons (Fsp3) is 0.500. The van der Waals surface area contributed by atoms with Crippen LogP contribution in [0.1, 0.15) is 26.3 Å². The van der Waals surface area contributed by atoms with Crippen molar-refractivity contribution < 1.29 is 14.0 Å². The van der Waals surface area contributed by atoms with Crippen molar-refractivity contribution in [2.75, 3.05) is 14.2 Å². The molecule has 1 rings (SSSR count). The maximum atomic E-state index is 11.8. The fourth-order valence-electron chi connectivity index (χ4n) is 1.08. The molecular formula is C12H18N2O3S. The van der Waals surface area contributed by atoms with Gasteiger partial charge in [-0.3, -0.25) is 0 Å². The van der Waals surface area contributed by atoms with Gasteiger partial charge in [0.2, 0.25) is 0 Å². The molecule has 0 saturated carbocycles. The molecule has 0 aliphatic heterocycles. The van der Waals surface area contributed by atoms with Crippen molar-refractivity contribution in [2.24, 2.45) is 4.40 Å². The Morgan fingerprint density at radius 3 is 2.50 bits per heavy atom. The second-order valence-electron chi connectivity index (χ2n) is 4.58. The molecule has 0 aliphatic carbocycles. The quantitative estimate of drug-likeness (QED) is 0.620. The van der Waals surface area contributed by atoms with Gasteiger partial charge in [0.15, 0.2) is 5.75 Å². The second kappa shape index (κ2) is 6.06. The summed E-state index contributed by atoms with van der Waals surface area (Å²) in [4.78, 5) is 4.07. The van der Waals surface area contributed by atoms with Gasteiger partial charge in [-0.15, -0.1) is 0 Å². The molecule has 0 N–H and O–H groups in total. The first-order chi connectivity index (χ1) is 8.38. The number of hydrogen-bond donors (Lipinski definition) is 0. The number of methoxy groups -OCH3 is 2. The lowest BCUT2D eigenvalue weighted by atomic mass is 10.3. The molecule has 6 heteroatoms. The molecule has 0 radical (unpaired) electrons. The van der Waals surface area contributed by atoms with E-state index in [4.69, 9.17) is 9.47 Å². The van der Waals surface area contributed by atoms with Crippen LogP contribution in [0.15, 0.2) is 16.7 Å². The Kier molecular flexibility index (Phi) is 4.98. The van der Waals surface area contributed by atoms with E-state index >= 15 is 0 Å². The summed E-state index contributed by atoms with van der Waals surface area (Å²) < 4.78 is 25.5. The topological polar surface area (TPSA) is 66.8 Å². The normalized spacial score (nSPS) is 13.7. The average molecular weight is 270 g/mol. The molecule has 0 saturated heterocycles. The lowest BCUT2D eigenvalue weighted by Crippen LogP contribution is -2.25. The van der Waals surface area contributed by atoms with Crippen LogP contribution in [0.5, 0.6) is 11.6 Å².